The molecule has 22 N–H and O–H groups in total. The van der Waals surface area contributed by atoms with Crippen molar-refractivity contribution in [2.24, 2.45) is 0 Å². The number of aliphatic hydroxyl groups is 18. The molecule has 0 aromatic heterocycles. The molecule has 6 fully saturated rings. The highest BCUT2D eigenvalue weighted by molar-refractivity contribution is 5.77. The van der Waals surface area contributed by atoms with E-state index < -0.39 is 259 Å². The van der Waals surface area contributed by atoms with Gasteiger partial charge < -0.3 is 165 Å². The van der Waals surface area contributed by atoms with Crippen molar-refractivity contribution in [1.82, 2.24) is 16.0 Å². The molecular formula is C45H75N3O34. The number of carboxylic acid groups (broad SMARTS) is 1. The molecule has 0 aliphatic carbocycles. The van der Waals surface area contributed by atoms with Crippen molar-refractivity contribution < 1.29 is 168 Å². The summed E-state index contributed by atoms with van der Waals surface area (Å²) in [7, 11) is 0. The lowest BCUT2D eigenvalue weighted by molar-refractivity contribution is -0.397. The number of rotatable bonds is 22. The normalized spacial score (nSPS) is 46.3. The molecule has 6 aliphatic heterocycles. The van der Waals surface area contributed by atoms with E-state index in [1.54, 1.807) is 0 Å². The summed E-state index contributed by atoms with van der Waals surface area (Å²) in [5.74, 6) is -7.84. The van der Waals surface area contributed by atoms with Crippen LogP contribution in [0.1, 0.15) is 27.2 Å². The lowest BCUT2D eigenvalue weighted by Crippen LogP contribution is -2.71. The van der Waals surface area contributed by atoms with Gasteiger partial charge in [0.15, 0.2) is 31.5 Å². The van der Waals surface area contributed by atoms with Crippen molar-refractivity contribution in [2.75, 3.05) is 39.6 Å². The van der Waals surface area contributed by atoms with Gasteiger partial charge in [0.2, 0.25) is 17.7 Å². The van der Waals surface area contributed by atoms with Gasteiger partial charge in [0, 0.05) is 27.2 Å². The summed E-state index contributed by atoms with van der Waals surface area (Å²) in [6, 6.07) is -5.20. The summed E-state index contributed by atoms with van der Waals surface area (Å²) in [6.07, 6.45) is -56.8. The fraction of sp³-hybridized carbons (Fsp3) is 0.911. The van der Waals surface area contributed by atoms with Gasteiger partial charge in [-0.25, -0.2) is 4.79 Å². The van der Waals surface area contributed by atoms with Gasteiger partial charge in [0.25, 0.3) is 5.79 Å². The molecule has 0 aromatic rings. The summed E-state index contributed by atoms with van der Waals surface area (Å²) in [6.45, 7) is -3.53. The van der Waals surface area contributed by atoms with E-state index in [2.05, 4.69) is 16.0 Å². The van der Waals surface area contributed by atoms with Gasteiger partial charge in [-0.15, -0.1) is 0 Å². The van der Waals surface area contributed by atoms with Crippen LogP contribution in [0, 0.1) is 0 Å². The highest BCUT2D eigenvalue weighted by atomic mass is 16.8. The van der Waals surface area contributed by atoms with Crippen molar-refractivity contribution in [1.29, 1.82) is 0 Å². The molecule has 0 unspecified atom stereocenters. The third-order valence-corrected chi connectivity index (χ3v) is 14.6. The molecule has 31 atom stereocenters. The van der Waals surface area contributed by atoms with Gasteiger partial charge in [-0.1, -0.05) is 0 Å². The number of carboxylic acids is 1. The van der Waals surface area contributed by atoms with Crippen LogP contribution < -0.4 is 16.0 Å². The summed E-state index contributed by atoms with van der Waals surface area (Å²) in [5, 5.41) is 213. The summed E-state index contributed by atoms with van der Waals surface area (Å²) in [4.78, 5) is 49.8. The molecule has 37 nitrogen and oxygen atoms in total. The second-order valence-electron chi connectivity index (χ2n) is 20.4. The standard InChI is InChI=1S/C45H75N3O34/c1-11(55)46-21-14(58)4-45(44(70)71,81-35(21)24(60)15(59)5-49)82-37-27(63)18(8-52)74-42(32(37)68)78-34-20(10-54)76-40(23(29(34)65)48-13(3)57)80-38-30(66)25(61)16(6-50)75-43(38)79-36-26(62)17(7-51)73-41(31(36)67)77-33-19(9-53)72-39(69)22(28(33)64)47-12(2)56/h14-43,49-54,58-69H,4-10H2,1-3H3,(H,46,55)(H,47,56)(H,48,57)(H,70,71)/t14-,15+,16+,17+,18+,19+,20+,21+,22+,23+,24+,25+,26+,27-,28+,29+,30-,31-,32+,33+,34+,35+,36-,37-,38-,39+,40-,41-,42-,43+,45-/m0/s1. The number of aliphatic carboxylic acids is 1. The summed E-state index contributed by atoms with van der Waals surface area (Å²) >= 11 is 0. The quantitative estimate of drug-likeness (QED) is 0.0479. The number of amides is 3. The Balaban J connectivity index is 1.26. The number of aliphatic hydroxyl groups excluding tert-OH is 18. The lowest BCUT2D eigenvalue weighted by atomic mass is 9.88. The molecule has 0 bridgehead atoms. The Labute approximate surface area is 463 Å². The largest absolute Gasteiger partial charge is 0.477 e. The molecule has 37 heteroatoms. The summed E-state index contributed by atoms with van der Waals surface area (Å²) in [5.41, 5.74) is 0. The van der Waals surface area contributed by atoms with Gasteiger partial charge in [-0.2, -0.15) is 0 Å². The highest BCUT2D eigenvalue weighted by Crippen LogP contribution is 2.40. The van der Waals surface area contributed by atoms with Crippen molar-refractivity contribution in [3.63, 3.8) is 0 Å². The minimum atomic E-state index is -3.22. The molecule has 0 spiro atoms. The first-order chi connectivity index (χ1) is 38.6. The minimum Gasteiger partial charge on any atom is -0.477 e. The maximum Gasteiger partial charge on any atom is 0.364 e. The molecule has 6 rings (SSSR count). The van der Waals surface area contributed by atoms with E-state index >= 15 is 0 Å². The van der Waals surface area contributed by atoms with Crippen LogP contribution in [0.4, 0.5) is 0 Å². The fourth-order valence-corrected chi connectivity index (χ4v) is 10.4. The zero-order valence-corrected chi connectivity index (χ0v) is 43.9. The SMILES string of the molecule is CC(=O)N[C@@H]1[C@@H](O)[C@H](O[C@@H]2O[C@H](CO)[C@@H](O)[C@H](O[C@H]3O[C@H](CO)[C@@H](O)[C@H](O)[C@@H]3O[C@@H]3O[C@H](CO)[C@@H](O[C@@H]4O[C@H](CO)[C@H](O)[C@H](O[C@]5(C(=O)O)C[C@H](O)[C@@H](NC(C)=O)[C@H]([C@H](O)[C@H](O)CO)O5)[C@H]4O)[C@H](O)[C@H]3NC(C)=O)[C@@H]2O)[C@@H](CO)O[C@H]1O. The van der Waals surface area contributed by atoms with Gasteiger partial charge in [-0.05, 0) is 0 Å². The van der Waals surface area contributed by atoms with E-state index in [1.165, 1.54) is 0 Å². The van der Waals surface area contributed by atoms with Crippen LogP contribution >= 0.6 is 0 Å². The zero-order valence-electron chi connectivity index (χ0n) is 43.9. The minimum absolute atomic E-state index is 0.743. The van der Waals surface area contributed by atoms with E-state index in [4.69, 9.17) is 52.1 Å². The van der Waals surface area contributed by atoms with Crippen molar-refractivity contribution in [3.8, 4) is 0 Å². The average molecular weight is 1200 g/mol. The average Bonchev–Trinajstić information content (AvgIpc) is 2.93. The number of hydrogen-bond acceptors (Lipinski definition) is 33. The third kappa shape index (κ3) is 14.6. The molecule has 0 radical (unpaired) electrons. The van der Waals surface area contributed by atoms with Crippen molar-refractivity contribution in [2.45, 2.75) is 217 Å². The molecule has 6 aliphatic rings. The first kappa shape index (κ1) is 67.8. The predicted molar refractivity (Wildman–Crippen MR) is 251 cm³/mol. The van der Waals surface area contributed by atoms with Crippen LogP contribution in [0.15, 0.2) is 0 Å². The predicted octanol–water partition coefficient (Wildman–Crippen LogP) is -14.5. The number of ether oxygens (including phenoxy) is 11. The van der Waals surface area contributed by atoms with Crippen LogP contribution in [0.5, 0.6) is 0 Å². The van der Waals surface area contributed by atoms with E-state index in [9.17, 15) is 116 Å². The lowest BCUT2D eigenvalue weighted by Gasteiger charge is -2.51. The summed E-state index contributed by atoms with van der Waals surface area (Å²) < 4.78 is 63.1. The Morgan fingerprint density at radius 1 is 0.476 bits per heavy atom. The Morgan fingerprint density at radius 2 is 0.890 bits per heavy atom. The van der Waals surface area contributed by atoms with Crippen LogP contribution in [0.25, 0.3) is 0 Å². The third-order valence-electron chi connectivity index (χ3n) is 14.6. The second kappa shape index (κ2) is 28.9. The molecule has 0 saturated carbocycles. The maximum absolute atomic E-state index is 13.0. The molecule has 82 heavy (non-hydrogen) atoms. The fourth-order valence-electron chi connectivity index (χ4n) is 10.4. The second-order valence-corrected chi connectivity index (χ2v) is 20.4. The van der Waals surface area contributed by atoms with Crippen LogP contribution in [-0.4, -0.2) is 350 Å². The van der Waals surface area contributed by atoms with Gasteiger partial charge >= 0.3 is 5.97 Å². The van der Waals surface area contributed by atoms with Gasteiger partial charge in [0.05, 0.1) is 51.8 Å². The topological polar surface area (TPSA) is 590 Å². The van der Waals surface area contributed by atoms with E-state index in [0.29, 0.717) is 0 Å². The number of nitrogens with one attached hydrogen (secondary N) is 3. The first-order valence-electron chi connectivity index (χ1n) is 25.7. The molecule has 0 aromatic carbocycles. The smallest absolute Gasteiger partial charge is 0.364 e. The Bertz CT molecular complexity index is 2090. The highest BCUT2D eigenvalue weighted by Gasteiger charge is 2.62. The molecule has 6 heterocycles. The Kier molecular flexibility index (Phi) is 23.9. The molecule has 3 amide bonds. The van der Waals surface area contributed by atoms with Crippen LogP contribution in [-0.2, 0) is 71.3 Å². The Hall–Kier alpha value is -3.28. The van der Waals surface area contributed by atoms with Gasteiger partial charge in [-0.3, -0.25) is 14.4 Å². The molecule has 6 saturated heterocycles. The van der Waals surface area contributed by atoms with Crippen LogP contribution in [0.3, 0.4) is 0 Å². The van der Waals surface area contributed by atoms with Gasteiger partial charge in [0.1, 0.15) is 140 Å². The van der Waals surface area contributed by atoms with Crippen molar-refractivity contribution in [3.05, 3.63) is 0 Å². The van der Waals surface area contributed by atoms with E-state index in [0.717, 1.165) is 20.8 Å². The number of carbonyl (C=O) groups excluding carboxylic acids is 3. The Morgan fingerprint density at radius 3 is 1.39 bits per heavy atom. The molecule has 474 valence electrons. The number of hydrogen-bond donors (Lipinski definition) is 22. The van der Waals surface area contributed by atoms with E-state index in [-0.39, 0.29) is 0 Å². The maximum atomic E-state index is 13.0. The van der Waals surface area contributed by atoms with Crippen molar-refractivity contribution >= 4 is 23.7 Å². The monoisotopic (exact) mass is 1200 g/mol. The van der Waals surface area contributed by atoms with E-state index in [1.807, 2.05) is 0 Å². The molecular weight excluding hydrogens is 1130 g/mol. The zero-order chi connectivity index (χ0) is 61.0. The first-order valence-corrected chi connectivity index (χ1v) is 25.7. The number of carbonyl (C=O) groups is 4. The van der Waals surface area contributed by atoms with Crippen LogP contribution in [0.2, 0.25) is 0 Å².